The van der Waals surface area contributed by atoms with Gasteiger partial charge in [-0.05, 0) is 42.8 Å². The van der Waals surface area contributed by atoms with E-state index in [1.165, 1.54) is 24.3 Å². The minimum Gasteiger partial charge on any atom is -0.466 e. The third-order valence-electron chi connectivity index (χ3n) is 3.36. The van der Waals surface area contributed by atoms with Gasteiger partial charge < -0.3 is 9.47 Å². The first-order chi connectivity index (χ1) is 13.0. The summed E-state index contributed by atoms with van der Waals surface area (Å²) in [5.74, 6) is -1.38. The second-order valence-electron chi connectivity index (χ2n) is 5.61. The van der Waals surface area contributed by atoms with Crippen LogP contribution < -0.4 is 9.46 Å². The van der Waals surface area contributed by atoms with E-state index in [9.17, 15) is 26.4 Å². The van der Waals surface area contributed by atoms with E-state index < -0.39 is 28.1 Å². The van der Waals surface area contributed by atoms with E-state index in [1.54, 1.807) is 19.1 Å². The van der Waals surface area contributed by atoms with Crippen molar-refractivity contribution in [3.05, 3.63) is 59.7 Å². The zero-order chi connectivity index (χ0) is 20.9. The molecule has 0 unspecified atom stereocenters. The molecule has 2 aromatic rings. The average Bonchev–Trinajstić information content (AvgIpc) is 2.58. The van der Waals surface area contributed by atoms with Gasteiger partial charge in [0.2, 0.25) is 0 Å². The predicted octanol–water partition coefficient (Wildman–Crippen LogP) is 3.88. The number of carbonyl (C=O) groups is 1. The number of nitrogens with one attached hydrogen (secondary N) is 1. The maximum Gasteiger partial charge on any atom is 0.573 e. The van der Waals surface area contributed by atoms with Crippen LogP contribution in [-0.4, -0.2) is 27.9 Å². The Morgan fingerprint density at radius 2 is 1.75 bits per heavy atom. The maximum absolute atomic E-state index is 12.6. The van der Waals surface area contributed by atoms with Crippen molar-refractivity contribution < 1.29 is 35.9 Å². The van der Waals surface area contributed by atoms with Crippen molar-refractivity contribution in [3.63, 3.8) is 0 Å². The van der Waals surface area contributed by atoms with Crippen LogP contribution in [0, 0.1) is 6.92 Å². The minimum absolute atomic E-state index is 0.0631. The Hall–Kier alpha value is -3.01. The second-order valence-corrected chi connectivity index (χ2v) is 7.30. The molecule has 0 heterocycles. The van der Waals surface area contributed by atoms with Crippen LogP contribution in [-0.2, 0) is 19.6 Å². The monoisotopic (exact) mass is 415 g/mol. The van der Waals surface area contributed by atoms with Gasteiger partial charge in [-0.3, -0.25) is 4.72 Å². The van der Waals surface area contributed by atoms with E-state index in [1.807, 2.05) is 0 Å². The van der Waals surface area contributed by atoms with Gasteiger partial charge in [-0.1, -0.05) is 17.7 Å². The Labute approximate surface area is 159 Å². The van der Waals surface area contributed by atoms with E-state index >= 15 is 0 Å². The lowest BCUT2D eigenvalue weighted by Crippen LogP contribution is -2.18. The first-order valence-electron chi connectivity index (χ1n) is 7.75. The highest BCUT2D eigenvalue weighted by Crippen LogP contribution is 2.29. The van der Waals surface area contributed by atoms with E-state index in [4.69, 9.17) is 0 Å². The lowest BCUT2D eigenvalue weighted by molar-refractivity contribution is -0.274. The van der Waals surface area contributed by atoms with Crippen LogP contribution in [0.1, 0.15) is 11.1 Å². The normalized spacial score (nSPS) is 12.0. The Morgan fingerprint density at radius 1 is 1.11 bits per heavy atom. The topological polar surface area (TPSA) is 81.7 Å². The number of aryl methyl sites for hydroxylation is 1. The van der Waals surface area contributed by atoms with Crippen molar-refractivity contribution in [2.24, 2.45) is 0 Å². The Bertz CT molecular complexity index is 983. The summed E-state index contributed by atoms with van der Waals surface area (Å²) in [5, 5.41) is 0. The Morgan fingerprint density at radius 3 is 2.32 bits per heavy atom. The van der Waals surface area contributed by atoms with Gasteiger partial charge in [0.25, 0.3) is 10.0 Å². The molecular weight excluding hydrogens is 399 g/mol. The summed E-state index contributed by atoms with van der Waals surface area (Å²) in [6, 6.07) is 9.03. The average molecular weight is 415 g/mol. The van der Waals surface area contributed by atoms with Gasteiger partial charge in [-0.2, -0.15) is 0 Å². The fourth-order valence-corrected chi connectivity index (χ4v) is 3.17. The molecule has 0 fully saturated rings. The molecule has 0 aliphatic rings. The lowest BCUT2D eigenvalue weighted by Gasteiger charge is -2.13. The Balaban J connectivity index is 2.40. The molecule has 0 saturated heterocycles. The third kappa shape index (κ3) is 6.31. The molecule has 10 heteroatoms. The molecule has 0 aromatic heterocycles. The molecule has 0 bridgehead atoms. The number of benzene rings is 2. The number of hydrogen-bond acceptors (Lipinski definition) is 5. The number of hydrogen-bond donors (Lipinski definition) is 1. The number of ether oxygens (including phenoxy) is 2. The van der Waals surface area contributed by atoms with Crippen LogP contribution in [0.25, 0.3) is 6.08 Å². The fraction of sp³-hybridized carbons (Fsp3) is 0.167. The molecule has 150 valence electrons. The number of rotatable bonds is 6. The molecule has 0 atom stereocenters. The fourth-order valence-electron chi connectivity index (χ4n) is 2.13. The zero-order valence-electron chi connectivity index (χ0n) is 14.8. The molecule has 1 N–H and O–H groups in total. The molecule has 0 spiro atoms. The van der Waals surface area contributed by atoms with Crippen LogP contribution in [0.5, 0.6) is 5.75 Å². The smallest absolute Gasteiger partial charge is 0.466 e. The first-order valence-corrected chi connectivity index (χ1v) is 9.23. The highest BCUT2D eigenvalue weighted by molar-refractivity contribution is 7.92. The summed E-state index contributed by atoms with van der Waals surface area (Å²) in [6.07, 6.45) is -2.83. The molecule has 2 rings (SSSR count). The van der Waals surface area contributed by atoms with Crippen LogP contribution >= 0.6 is 0 Å². The predicted molar refractivity (Wildman–Crippen MR) is 96.2 cm³/mol. The number of methoxy groups -OCH3 is 1. The molecule has 0 aliphatic heterocycles. The largest absolute Gasteiger partial charge is 0.573 e. The molecule has 0 saturated carbocycles. The summed E-state index contributed by atoms with van der Waals surface area (Å²) < 4.78 is 73.1. The van der Waals surface area contributed by atoms with Crippen LogP contribution in [0.2, 0.25) is 0 Å². The van der Waals surface area contributed by atoms with Gasteiger partial charge in [-0.15, -0.1) is 13.2 Å². The number of esters is 1. The van der Waals surface area contributed by atoms with Crippen molar-refractivity contribution in [1.29, 1.82) is 0 Å². The maximum atomic E-state index is 12.6. The third-order valence-corrected chi connectivity index (χ3v) is 4.76. The molecule has 2 aromatic carbocycles. The van der Waals surface area contributed by atoms with Gasteiger partial charge >= 0.3 is 12.3 Å². The quantitative estimate of drug-likeness (QED) is 0.572. The molecular formula is C18H16F3NO5S. The van der Waals surface area contributed by atoms with Crippen LogP contribution in [0.15, 0.2) is 53.4 Å². The first kappa shape index (κ1) is 21.3. The van der Waals surface area contributed by atoms with Crippen molar-refractivity contribution in [1.82, 2.24) is 0 Å². The zero-order valence-corrected chi connectivity index (χ0v) is 15.6. The number of anilines is 1. The summed E-state index contributed by atoms with van der Waals surface area (Å²) in [5.41, 5.74) is 0.760. The van der Waals surface area contributed by atoms with Crippen LogP contribution in [0.4, 0.5) is 18.9 Å². The van der Waals surface area contributed by atoms with Gasteiger partial charge in [-0.25, -0.2) is 13.2 Å². The van der Waals surface area contributed by atoms with Crippen molar-refractivity contribution >= 4 is 27.8 Å². The molecule has 6 nitrogen and oxygen atoms in total. The van der Waals surface area contributed by atoms with Crippen LogP contribution in [0.3, 0.4) is 0 Å². The lowest BCUT2D eigenvalue weighted by atomic mass is 10.2. The standard InChI is InChI=1S/C18H16F3NO5S/c1-12-3-6-16(7-4-12)28(24,25)22-14-9-13(5-8-17(23)26-2)10-15(11-14)27-18(19,20)21/h3-11,22H,1-2H3. The van der Waals surface area contributed by atoms with E-state index in [0.29, 0.717) is 0 Å². The van der Waals surface area contributed by atoms with Gasteiger partial charge in [0.15, 0.2) is 0 Å². The number of halogens is 3. The van der Waals surface area contributed by atoms with Gasteiger partial charge in [0.1, 0.15) is 5.75 Å². The van der Waals surface area contributed by atoms with Crippen molar-refractivity contribution in [3.8, 4) is 5.75 Å². The molecule has 0 amide bonds. The molecule has 0 aliphatic carbocycles. The van der Waals surface area contributed by atoms with Crippen molar-refractivity contribution in [2.45, 2.75) is 18.2 Å². The second kappa shape index (κ2) is 8.34. The Kier molecular flexibility index (Phi) is 6.34. The van der Waals surface area contributed by atoms with E-state index in [2.05, 4.69) is 14.2 Å². The summed E-state index contributed by atoms with van der Waals surface area (Å²) in [6.45, 7) is 1.78. The highest BCUT2D eigenvalue weighted by Gasteiger charge is 2.31. The summed E-state index contributed by atoms with van der Waals surface area (Å²) in [7, 11) is -2.91. The molecule has 0 radical (unpaired) electrons. The summed E-state index contributed by atoms with van der Waals surface area (Å²) >= 11 is 0. The number of sulfonamides is 1. The summed E-state index contributed by atoms with van der Waals surface area (Å²) in [4.78, 5) is 11.1. The van der Waals surface area contributed by atoms with Gasteiger partial charge in [0, 0.05) is 12.1 Å². The number of carbonyl (C=O) groups excluding carboxylic acids is 1. The number of alkyl halides is 3. The SMILES string of the molecule is COC(=O)C=Cc1cc(NS(=O)(=O)c2ccc(C)cc2)cc(OC(F)(F)F)c1. The minimum atomic E-state index is -4.97. The highest BCUT2D eigenvalue weighted by atomic mass is 32.2. The van der Waals surface area contributed by atoms with E-state index in [0.717, 1.165) is 30.9 Å². The van der Waals surface area contributed by atoms with Crippen molar-refractivity contribution in [2.75, 3.05) is 11.8 Å². The van der Waals surface area contributed by atoms with Gasteiger partial charge in [0.05, 0.1) is 17.7 Å². The van der Waals surface area contributed by atoms with E-state index in [-0.39, 0.29) is 16.1 Å². The molecule has 28 heavy (non-hydrogen) atoms.